The van der Waals surface area contributed by atoms with E-state index in [-0.39, 0.29) is 11.8 Å². The Bertz CT molecular complexity index is 221. The minimum absolute atomic E-state index is 0.211. The van der Waals surface area contributed by atoms with Gasteiger partial charge < -0.3 is 15.4 Å². The zero-order chi connectivity index (χ0) is 12.0. The Hall–Kier alpha value is -0.610. The minimum atomic E-state index is 0.211. The second-order valence-electron chi connectivity index (χ2n) is 4.62. The first-order chi connectivity index (χ1) is 7.70. The first-order valence-electron chi connectivity index (χ1n) is 6.18. The van der Waals surface area contributed by atoms with Crippen molar-refractivity contribution in [2.24, 2.45) is 17.6 Å². The van der Waals surface area contributed by atoms with Gasteiger partial charge in [-0.3, -0.25) is 4.79 Å². The molecule has 0 spiro atoms. The van der Waals surface area contributed by atoms with Crippen molar-refractivity contribution in [2.75, 3.05) is 33.4 Å². The normalized spacial score (nSPS) is 24.7. The van der Waals surface area contributed by atoms with Crippen LogP contribution in [0.3, 0.4) is 0 Å². The summed E-state index contributed by atoms with van der Waals surface area (Å²) in [5.41, 5.74) is 5.54. The Balaban J connectivity index is 2.51. The fourth-order valence-electron chi connectivity index (χ4n) is 2.44. The Morgan fingerprint density at radius 3 is 2.69 bits per heavy atom. The van der Waals surface area contributed by atoms with Crippen LogP contribution >= 0.6 is 0 Å². The van der Waals surface area contributed by atoms with Gasteiger partial charge >= 0.3 is 0 Å². The lowest BCUT2D eigenvalue weighted by molar-refractivity contribution is -0.137. The van der Waals surface area contributed by atoms with Gasteiger partial charge in [0, 0.05) is 32.7 Å². The highest BCUT2D eigenvalue weighted by Crippen LogP contribution is 2.32. The van der Waals surface area contributed by atoms with Gasteiger partial charge in [0.05, 0.1) is 6.61 Å². The fraction of sp³-hybridized carbons (Fsp3) is 0.917. The van der Waals surface area contributed by atoms with Gasteiger partial charge in [0.2, 0.25) is 5.91 Å². The van der Waals surface area contributed by atoms with Crippen LogP contribution in [0.1, 0.15) is 26.2 Å². The Kier molecular flexibility index (Phi) is 5.77. The average Bonchev–Trinajstić information content (AvgIpc) is 2.69. The van der Waals surface area contributed by atoms with Crippen LogP contribution in [0.25, 0.3) is 0 Å². The van der Waals surface area contributed by atoms with Crippen molar-refractivity contribution in [1.82, 2.24) is 4.90 Å². The predicted octanol–water partition coefficient (Wildman–Crippen LogP) is 0.856. The minimum Gasteiger partial charge on any atom is -0.383 e. The number of hydrogen-bond donors (Lipinski definition) is 1. The van der Waals surface area contributed by atoms with E-state index in [1.54, 1.807) is 7.11 Å². The molecule has 0 heterocycles. The van der Waals surface area contributed by atoms with E-state index in [9.17, 15) is 4.79 Å². The molecule has 1 aliphatic rings. The fourth-order valence-corrected chi connectivity index (χ4v) is 2.44. The van der Waals surface area contributed by atoms with E-state index in [0.29, 0.717) is 32.2 Å². The standard InChI is InChI=1S/C12H24N2O2/c1-10-4-3-5-11(10)12(15)14(7-6-13)8-9-16-2/h10-11H,3-9,13H2,1-2H3. The van der Waals surface area contributed by atoms with E-state index in [1.165, 1.54) is 12.8 Å². The van der Waals surface area contributed by atoms with Crippen LogP contribution in [0.5, 0.6) is 0 Å². The van der Waals surface area contributed by atoms with Gasteiger partial charge in [-0.2, -0.15) is 0 Å². The second kappa shape index (κ2) is 6.86. The topological polar surface area (TPSA) is 55.6 Å². The summed E-state index contributed by atoms with van der Waals surface area (Å²) < 4.78 is 5.02. The van der Waals surface area contributed by atoms with Crippen LogP contribution in [0, 0.1) is 11.8 Å². The molecule has 4 nitrogen and oxygen atoms in total. The van der Waals surface area contributed by atoms with Gasteiger partial charge in [0.1, 0.15) is 0 Å². The maximum Gasteiger partial charge on any atom is 0.226 e. The number of hydrogen-bond acceptors (Lipinski definition) is 3. The number of nitrogens with two attached hydrogens (primary N) is 1. The third-order valence-electron chi connectivity index (χ3n) is 3.45. The number of nitrogens with zero attached hydrogens (tertiary/aromatic N) is 1. The molecule has 2 atom stereocenters. The first kappa shape index (κ1) is 13.5. The molecule has 1 aliphatic carbocycles. The molecule has 1 saturated carbocycles. The summed E-state index contributed by atoms with van der Waals surface area (Å²) in [5, 5.41) is 0. The van der Waals surface area contributed by atoms with E-state index >= 15 is 0 Å². The van der Waals surface area contributed by atoms with Crippen LogP contribution in [-0.2, 0) is 9.53 Å². The highest BCUT2D eigenvalue weighted by molar-refractivity contribution is 5.79. The molecule has 94 valence electrons. The van der Waals surface area contributed by atoms with Crippen molar-refractivity contribution in [2.45, 2.75) is 26.2 Å². The quantitative estimate of drug-likeness (QED) is 0.733. The van der Waals surface area contributed by atoms with Gasteiger partial charge in [-0.05, 0) is 18.8 Å². The lowest BCUT2D eigenvalue weighted by Gasteiger charge is -2.26. The smallest absolute Gasteiger partial charge is 0.226 e. The number of carbonyl (C=O) groups excluding carboxylic acids is 1. The van der Waals surface area contributed by atoms with Crippen molar-refractivity contribution >= 4 is 5.91 Å². The summed E-state index contributed by atoms with van der Waals surface area (Å²) in [5.74, 6) is 1.01. The summed E-state index contributed by atoms with van der Waals surface area (Å²) in [6.45, 7) is 4.59. The van der Waals surface area contributed by atoms with Gasteiger partial charge in [-0.15, -0.1) is 0 Å². The van der Waals surface area contributed by atoms with Gasteiger partial charge in [0.15, 0.2) is 0 Å². The highest BCUT2D eigenvalue weighted by Gasteiger charge is 2.32. The SMILES string of the molecule is COCCN(CCN)C(=O)C1CCCC1C. The van der Waals surface area contributed by atoms with E-state index in [2.05, 4.69) is 6.92 Å². The summed E-state index contributed by atoms with van der Waals surface area (Å²) in [6.07, 6.45) is 3.39. The van der Waals surface area contributed by atoms with Crippen molar-refractivity contribution < 1.29 is 9.53 Å². The molecule has 0 bridgehead atoms. The molecule has 2 unspecified atom stereocenters. The Labute approximate surface area is 98.1 Å². The van der Waals surface area contributed by atoms with Crippen molar-refractivity contribution in [3.63, 3.8) is 0 Å². The van der Waals surface area contributed by atoms with Crippen molar-refractivity contribution in [3.05, 3.63) is 0 Å². The molecule has 1 fully saturated rings. The molecule has 1 rings (SSSR count). The maximum absolute atomic E-state index is 12.3. The monoisotopic (exact) mass is 228 g/mol. The van der Waals surface area contributed by atoms with Crippen LogP contribution in [-0.4, -0.2) is 44.2 Å². The van der Waals surface area contributed by atoms with Crippen molar-refractivity contribution in [3.8, 4) is 0 Å². The largest absolute Gasteiger partial charge is 0.383 e. The van der Waals surface area contributed by atoms with E-state index in [4.69, 9.17) is 10.5 Å². The van der Waals surface area contributed by atoms with Gasteiger partial charge in [-0.25, -0.2) is 0 Å². The Morgan fingerprint density at radius 1 is 1.44 bits per heavy atom. The highest BCUT2D eigenvalue weighted by atomic mass is 16.5. The Morgan fingerprint density at radius 2 is 2.19 bits per heavy atom. The van der Waals surface area contributed by atoms with E-state index in [0.717, 1.165) is 6.42 Å². The summed E-state index contributed by atoms with van der Waals surface area (Å²) in [6, 6.07) is 0. The van der Waals surface area contributed by atoms with E-state index < -0.39 is 0 Å². The number of rotatable bonds is 6. The molecular formula is C12H24N2O2. The molecule has 0 saturated heterocycles. The molecule has 16 heavy (non-hydrogen) atoms. The number of amides is 1. The number of ether oxygens (including phenoxy) is 1. The summed E-state index contributed by atoms with van der Waals surface area (Å²) in [7, 11) is 1.66. The molecule has 0 aromatic heterocycles. The second-order valence-corrected chi connectivity index (χ2v) is 4.62. The average molecular weight is 228 g/mol. The van der Waals surface area contributed by atoms with Crippen LogP contribution in [0.2, 0.25) is 0 Å². The third kappa shape index (κ3) is 3.46. The zero-order valence-corrected chi connectivity index (χ0v) is 10.4. The molecule has 0 aliphatic heterocycles. The molecular weight excluding hydrogens is 204 g/mol. The summed E-state index contributed by atoms with van der Waals surface area (Å²) in [4.78, 5) is 14.1. The molecule has 0 radical (unpaired) electrons. The molecule has 1 amide bonds. The zero-order valence-electron chi connectivity index (χ0n) is 10.4. The molecule has 2 N–H and O–H groups in total. The third-order valence-corrected chi connectivity index (χ3v) is 3.45. The van der Waals surface area contributed by atoms with Crippen molar-refractivity contribution in [1.29, 1.82) is 0 Å². The first-order valence-corrected chi connectivity index (χ1v) is 6.18. The van der Waals surface area contributed by atoms with Crippen LogP contribution < -0.4 is 5.73 Å². The van der Waals surface area contributed by atoms with Crippen LogP contribution in [0.4, 0.5) is 0 Å². The maximum atomic E-state index is 12.3. The molecule has 0 aromatic carbocycles. The van der Waals surface area contributed by atoms with Gasteiger partial charge in [0.25, 0.3) is 0 Å². The number of methoxy groups -OCH3 is 1. The lowest BCUT2D eigenvalue weighted by atomic mass is 9.96. The summed E-state index contributed by atoms with van der Waals surface area (Å²) >= 11 is 0. The number of carbonyl (C=O) groups is 1. The van der Waals surface area contributed by atoms with Gasteiger partial charge in [-0.1, -0.05) is 13.3 Å². The molecule has 4 heteroatoms. The lowest BCUT2D eigenvalue weighted by Crippen LogP contribution is -2.41. The van der Waals surface area contributed by atoms with E-state index in [1.807, 2.05) is 4.90 Å². The van der Waals surface area contributed by atoms with Crippen LogP contribution in [0.15, 0.2) is 0 Å². The molecule has 0 aromatic rings. The predicted molar refractivity (Wildman–Crippen MR) is 64.0 cm³/mol.